The van der Waals surface area contributed by atoms with Crippen molar-refractivity contribution in [3.8, 4) is 5.75 Å². The molecule has 2 aromatic rings. The highest BCUT2D eigenvalue weighted by atomic mass is 32.2. The molecule has 0 bridgehead atoms. The van der Waals surface area contributed by atoms with Crippen LogP contribution in [-0.2, 0) is 9.84 Å². The van der Waals surface area contributed by atoms with Gasteiger partial charge in [-0.05, 0) is 54.1 Å². The lowest BCUT2D eigenvalue weighted by Crippen LogP contribution is -2.24. The molecule has 0 aliphatic heterocycles. The number of aromatic hydroxyl groups is 1. The zero-order valence-electron chi connectivity index (χ0n) is 12.2. The monoisotopic (exact) mass is 333 g/mol. The first-order valence-electron chi connectivity index (χ1n) is 6.54. The van der Waals surface area contributed by atoms with E-state index in [0.717, 1.165) is 6.26 Å². The van der Waals surface area contributed by atoms with Gasteiger partial charge in [0.25, 0.3) is 0 Å². The maximum Gasteiger partial charge on any atom is 0.339 e. The van der Waals surface area contributed by atoms with Gasteiger partial charge in [0.1, 0.15) is 5.75 Å². The van der Waals surface area contributed by atoms with Crippen molar-refractivity contribution in [2.24, 2.45) is 5.10 Å². The summed E-state index contributed by atoms with van der Waals surface area (Å²) in [6, 6.07) is 11.5. The topological polar surface area (TPSA) is 108 Å². The highest BCUT2D eigenvalue weighted by Crippen LogP contribution is 2.13. The van der Waals surface area contributed by atoms with Gasteiger partial charge in [0, 0.05) is 11.9 Å². The molecule has 0 heterocycles. The van der Waals surface area contributed by atoms with Crippen LogP contribution >= 0.6 is 0 Å². The third kappa shape index (κ3) is 5.11. The van der Waals surface area contributed by atoms with Crippen molar-refractivity contribution in [1.82, 2.24) is 5.43 Å². The molecule has 2 amide bonds. The summed E-state index contributed by atoms with van der Waals surface area (Å²) >= 11 is 0. The number of benzene rings is 2. The SMILES string of the molecule is CS(=O)(=O)c1ccc(NC(=O)N/N=C\c2ccc(O)cc2)cc1. The van der Waals surface area contributed by atoms with Gasteiger partial charge in [-0.25, -0.2) is 18.6 Å². The summed E-state index contributed by atoms with van der Waals surface area (Å²) in [6.07, 6.45) is 2.53. The number of nitrogens with one attached hydrogen (secondary N) is 2. The molecular weight excluding hydrogens is 318 g/mol. The molecule has 0 unspecified atom stereocenters. The third-order valence-corrected chi connectivity index (χ3v) is 3.94. The molecule has 23 heavy (non-hydrogen) atoms. The molecule has 0 fully saturated rings. The van der Waals surface area contributed by atoms with Crippen LogP contribution in [0.25, 0.3) is 0 Å². The number of nitrogens with zero attached hydrogens (tertiary/aromatic N) is 1. The fraction of sp³-hybridized carbons (Fsp3) is 0.0667. The Morgan fingerprint density at radius 1 is 1.09 bits per heavy atom. The van der Waals surface area contributed by atoms with Crippen LogP contribution in [0.4, 0.5) is 10.5 Å². The van der Waals surface area contributed by atoms with E-state index < -0.39 is 15.9 Å². The summed E-state index contributed by atoms with van der Waals surface area (Å²) in [7, 11) is -3.27. The Kier molecular flexibility index (Phi) is 4.97. The molecule has 8 heteroatoms. The number of carbonyl (C=O) groups excluding carboxylic acids is 1. The number of rotatable bonds is 4. The summed E-state index contributed by atoms with van der Waals surface area (Å²) in [5.74, 6) is 0.144. The molecule has 120 valence electrons. The number of anilines is 1. The molecule has 3 N–H and O–H groups in total. The maximum atomic E-state index is 11.6. The number of amides is 2. The Morgan fingerprint density at radius 2 is 1.70 bits per heavy atom. The van der Waals surface area contributed by atoms with Crippen molar-refractivity contribution in [2.45, 2.75) is 4.90 Å². The minimum atomic E-state index is -3.27. The molecular formula is C15H15N3O4S. The van der Waals surface area contributed by atoms with Crippen LogP contribution in [-0.4, -0.2) is 32.0 Å². The third-order valence-electron chi connectivity index (χ3n) is 2.81. The van der Waals surface area contributed by atoms with E-state index in [1.807, 2.05) is 0 Å². The summed E-state index contributed by atoms with van der Waals surface area (Å²) in [5, 5.41) is 15.4. The van der Waals surface area contributed by atoms with Gasteiger partial charge in [-0.3, -0.25) is 0 Å². The minimum Gasteiger partial charge on any atom is -0.508 e. The van der Waals surface area contributed by atoms with Gasteiger partial charge >= 0.3 is 6.03 Å². The lowest BCUT2D eigenvalue weighted by Gasteiger charge is -2.05. The number of hydrogen-bond donors (Lipinski definition) is 3. The lowest BCUT2D eigenvalue weighted by atomic mass is 10.2. The van der Waals surface area contributed by atoms with E-state index in [9.17, 15) is 13.2 Å². The number of phenolic OH excluding ortho intramolecular Hbond substituents is 1. The summed E-state index contributed by atoms with van der Waals surface area (Å²) in [6.45, 7) is 0. The summed E-state index contributed by atoms with van der Waals surface area (Å²) in [5.41, 5.74) is 3.43. The van der Waals surface area contributed by atoms with Gasteiger partial charge in [-0.15, -0.1) is 0 Å². The molecule has 0 saturated heterocycles. The van der Waals surface area contributed by atoms with Gasteiger partial charge in [0.05, 0.1) is 11.1 Å². The van der Waals surface area contributed by atoms with Gasteiger partial charge in [-0.2, -0.15) is 5.10 Å². The highest BCUT2D eigenvalue weighted by molar-refractivity contribution is 7.90. The smallest absolute Gasteiger partial charge is 0.339 e. The molecule has 0 saturated carbocycles. The van der Waals surface area contributed by atoms with E-state index in [1.54, 1.807) is 12.1 Å². The molecule has 0 aliphatic carbocycles. The van der Waals surface area contributed by atoms with Crippen LogP contribution in [0.2, 0.25) is 0 Å². The average Bonchev–Trinajstić information content (AvgIpc) is 2.49. The molecule has 0 radical (unpaired) electrons. The minimum absolute atomic E-state index is 0.144. The molecule has 0 atom stereocenters. The summed E-state index contributed by atoms with van der Waals surface area (Å²) in [4.78, 5) is 11.8. The second-order valence-electron chi connectivity index (χ2n) is 4.71. The Labute approximate surface area is 133 Å². The zero-order valence-corrected chi connectivity index (χ0v) is 13.0. The number of urea groups is 1. The number of carbonyl (C=O) groups is 1. The Morgan fingerprint density at radius 3 is 2.26 bits per heavy atom. The summed E-state index contributed by atoms with van der Waals surface area (Å²) < 4.78 is 22.7. The number of hydrogen-bond acceptors (Lipinski definition) is 5. The Balaban J connectivity index is 1.91. The number of sulfone groups is 1. The Hall–Kier alpha value is -2.87. The first-order chi connectivity index (χ1) is 10.8. The van der Waals surface area contributed by atoms with E-state index in [2.05, 4.69) is 15.8 Å². The van der Waals surface area contributed by atoms with Crippen LogP contribution in [0.3, 0.4) is 0 Å². The first-order valence-corrected chi connectivity index (χ1v) is 8.43. The normalized spacial score (nSPS) is 11.3. The largest absolute Gasteiger partial charge is 0.508 e. The lowest BCUT2D eigenvalue weighted by molar-refractivity contribution is 0.252. The van der Waals surface area contributed by atoms with E-state index in [4.69, 9.17) is 5.11 Å². The molecule has 7 nitrogen and oxygen atoms in total. The molecule has 2 rings (SSSR count). The van der Waals surface area contributed by atoms with Crippen molar-refractivity contribution >= 4 is 27.8 Å². The predicted octanol–water partition coefficient (Wildman–Crippen LogP) is 1.95. The quantitative estimate of drug-likeness (QED) is 0.587. The fourth-order valence-corrected chi connectivity index (χ4v) is 2.30. The van der Waals surface area contributed by atoms with Crippen molar-refractivity contribution < 1.29 is 18.3 Å². The molecule has 0 aliphatic rings. The predicted molar refractivity (Wildman–Crippen MR) is 87.4 cm³/mol. The maximum absolute atomic E-state index is 11.6. The van der Waals surface area contributed by atoms with Gasteiger partial charge in [0.2, 0.25) is 0 Å². The van der Waals surface area contributed by atoms with E-state index >= 15 is 0 Å². The van der Waals surface area contributed by atoms with Crippen LogP contribution in [0.5, 0.6) is 5.75 Å². The van der Waals surface area contributed by atoms with Crippen molar-refractivity contribution in [2.75, 3.05) is 11.6 Å². The second-order valence-corrected chi connectivity index (χ2v) is 6.73. The van der Waals surface area contributed by atoms with Crippen LogP contribution in [0.1, 0.15) is 5.56 Å². The Bertz CT molecular complexity index is 813. The van der Waals surface area contributed by atoms with E-state index in [1.165, 1.54) is 42.6 Å². The molecule has 0 aromatic heterocycles. The van der Waals surface area contributed by atoms with Gasteiger partial charge in [0.15, 0.2) is 9.84 Å². The van der Waals surface area contributed by atoms with Crippen molar-refractivity contribution in [3.05, 3.63) is 54.1 Å². The average molecular weight is 333 g/mol. The molecule has 0 spiro atoms. The van der Waals surface area contributed by atoms with Gasteiger partial charge < -0.3 is 10.4 Å². The second kappa shape index (κ2) is 6.93. The number of phenols is 1. The van der Waals surface area contributed by atoms with E-state index in [-0.39, 0.29) is 10.6 Å². The van der Waals surface area contributed by atoms with Crippen molar-refractivity contribution in [1.29, 1.82) is 0 Å². The van der Waals surface area contributed by atoms with Gasteiger partial charge in [-0.1, -0.05) is 0 Å². The zero-order chi connectivity index (χ0) is 16.9. The standard InChI is InChI=1S/C15H15N3O4S/c1-23(21,22)14-8-4-12(5-9-14)17-15(20)18-16-10-11-2-6-13(19)7-3-11/h2-10,19H,1H3,(H2,17,18,20)/b16-10-. The van der Waals surface area contributed by atoms with Crippen LogP contribution in [0, 0.1) is 0 Å². The number of hydrazone groups is 1. The first kappa shape index (κ1) is 16.5. The van der Waals surface area contributed by atoms with Crippen molar-refractivity contribution in [3.63, 3.8) is 0 Å². The molecule has 2 aromatic carbocycles. The fourth-order valence-electron chi connectivity index (χ4n) is 1.67. The van der Waals surface area contributed by atoms with E-state index in [0.29, 0.717) is 11.3 Å². The van der Waals surface area contributed by atoms with Crippen LogP contribution < -0.4 is 10.7 Å². The van der Waals surface area contributed by atoms with Crippen LogP contribution in [0.15, 0.2) is 58.5 Å². The highest BCUT2D eigenvalue weighted by Gasteiger charge is 2.07.